The van der Waals surface area contributed by atoms with Gasteiger partial charge in [-0.25, -0.2) is 22.0 Å². The van der Waals surface area contributed by atoms with Crippen molar-refractivity contribution < 1.29 is 36.6 Å². The predicted molar refractivity (Wildman–Crippen MR) is 141 cm³/mol. The van der Waals surface area contributed by atoms with E-state index >= 15 is 4.39 Å². The number of hydrogen-bond acceptors (Lipinski definition) is 5. The average molecular weight is 566 g/mol. The number of carboxylic acid groups (broad SMARTS) is 1. The minimum absolute atomic E-state index is 0.0276. The van der Waals surface area contributed by atoms with Crippen LogP contribution in [0.2, 0.25) is 0 Å². The summed E-state index contributed by atoms with van der Waals surface area (Å²) in [6, 6.07) is 6.79. The number of piperidine rings is 1. The molecule has 4 rings (SSSR count). The Hall–Kier alpha value is -3.47. The van der Waals surface area contributed by atoms with Gasteiger partial charge in [-0.2, -0.15) is 0 Å². The second-order valence-corrected chi connectivity index (χ2v) is 10.3. The summed E-state index contributed by atoms with van der Waals surface area (Å²) in [5.74, 6) is -4.54. The van der Waals surface area contributed by atoms with Crippen molar-refractivity contribution in [2.24, 2.45) is 5.41 Å². The minimum Gasteiger partial charge on any atom is -0.497 e. The van der Waals surface area contributed by atoms with E-state index < -0.39 is 41.7 Å². The maximum Gasteiger partial charge on any atom is 0.303 e. The molecule has 0 aliphatic carbocycles. The summed E-state index contributed by atoms with van der Waals surface area (Å²) in [4.78, 5) is 18.1. The SMILES string of the molecule is COc1ccc2ncc(CF)c([C@H](F)CCC3(CC(=O)O)CCN(CCNc4cc(F)c(F)c(F)c4)CC3)c2c1. The zero-order valence-electron chi connectivity index (χ0n) is 22.2. The first-order valence-corrected chi connectivity index (χ1v) is 13.1. The molecule has 11 heteroatoms. The second kappa shape index (κ2) is 12.8. The Morgan fingerprint density at radius 3 is 2.50 bits per heavy atom. The number of alkyl halides is 2. The summed E-state index contributed by atoms with van der Waals surface area (Å²) < 4.78 is 74.9. The maximum absolute atomic E-state index is 15.8. The van der Waals surface area contributed by atoms with Crippen LogP contribution < -0.4 is 10.1 Å². The number of aromatic nitrogens is 1. The summed E-state index contributed by atoms with van der Waals surface area (Å²) in [7, 11) is 1.49. The quantitative estimate of drug-likeness (QED) is 0.191. The highest BCUT2D eigenvalue weighted by atomic mass is 19.2. The maximum atomic E-state index is 15.8. The standard InChI is InChI=1S/C29H32F5N3O3/c1-40-20-2-3-25-21(14-20)27(18(16-30)17-36-25)22(31)4-5-29(15-26(38)39)6-9-37(10-7-29)11-8-35-19-12-23(32)28(34)24(33)13-19/h2-3,12-14,17,22,35H,4-11,15-16H2,1H3,(H,38,39)/t22-/m1/s1. The molecule has 216 valence electrons. The molecule has 0 bridgehead atoms. The van der Waals surface area contributed by atoms with Crippen molar-refractivity contribution in [1.82, 2.24) is 9.88 Å². The van der Waals surface area contributed by atoms with E-state index in [1.807, 2.05) is 0 Å². The normalized spacial score (nSPS) is 16.1. The molecule has 1 atom stereocenters. The Bertz CT molecular complexity index is 1320. The largest absolute Gasteiger partial charge is 0.497 e. The first kappa shape index (κ1) is 29.5. The van der Waals surface area contributed by atoms with Gasteiger partial charge in [0, 0.05) is 53.6 Å². The van der Waals surface area contributed by atoms with Crippen LogP contribution in [0.3, 0.4) is 0 Å². The third kappa shape index (κ3) is 6.80. The van der Waals surface area contributed by atoms with E-state index in [1.165, 1.54) is 13.3 Å². The van der Waals surface area contributed by atoms with Gasteiger partial charge in [0.25, 0.3) is 0 Å². The molecule has 2 aromatic carbocycles. The van der Waals surface area contributed by atoms with Crippen LogP contribution in [0, 0.1) is 22.9 Å². The van der Waals surface area contributed by atoms with Gasteiger partial charge in [0.2, 0.25) is 0 Å². The fraction of sp³-hybridized carbons (Fsp3) is 0.448. The molecule has 40 heavy (non-hydrogen) atoms. The monoisotopic (exact) mass is 565 g/mol. The molecular formula is C29H32F5N3O3. The van der Waals surface area contributed by atoms with E-state index in [0.29, 0.717) is 62.1 Å². The van der Waals surface area contributed by atoms with Crippen LogP contribution in [0.4, 0.5) is 27.6 Å². The zero-order valence-corrected chi connectivity index (χ0v) is 22.2. The van der Waals surface area contributed by atoms with E-state index in [1.54, 1.807) is 18.2 Å². The molecule has 0 amide bonds. The smallest absolute Gasteiger partial charge is 0.303 e. The molecule has 2 N–H and O–H groups in total. The number of anilines is 1. The number of hydrogen-bond donors (Lipinski definition) is 2. The molecule has 1 aliphatic heterocycles. The van der Waals surface area contributed by atoms with E-state index in [-0.39, 0.29) is 29.7 Å². The topological polar surface area (TPSA) is 74.7 Å². The van der Waals surface area contributed by atoms with Crippen LogP contribution in [0.25, 0.3) is 10.9 Å². The first-order chi connectivity index (χ1) is 19.1. The summed E-state index contributed by atoms with van der Waals surface area (Å²) >= 11 is 0. The van der Waals surface area contributed by atoms with Gasteiger partial charge < -0.3 is 20.1 Å². The van der Waals surface area contributed by atoms with Crippen molar-refractivity contribution in [2.75, 3.05) is 38.6 Å². The summed E-state index contributed by atoms with van der Waals surface area (Å²) in [6.07, 6.45) is 1.08. The van der Waals surface area contributed by atoms with Crippen molar-refractivity contribution >= 4 is 22.6 Å². The third-order valence-corrected chi connectivity index (χ3v) is 7.77. The van der Waals surface area contributed by atoms with Gasteiger partial charge in [0.1, 0.15) is 18.6 Å². The van der Waals surface area contributed by atoms with E-state index in [4.69, 9.17) is 4.74 Å². The number of carboxylic acids is 1. The van der Waals surface area contributed by atoms with Gasteiger partial charge in [-0.05, 0) is 62.4 Å². The van der Waals surface area contributed by atoms with E-state index in [9.17, 15) is 27.5 Å². The fourth-order valence-corrected chi connectivity index (χ4v) is 5.52. The Morgan fingerprint density at radius 1 is 1.18 bits per heavy atom. The van der Waals surface area contributed by atoms with Gasteiger partial charge in [0.15, 0.2) is 17.5 Å². The lowest BCUT2D eigenvalue weighted by molar-refractivity contribution is -0.141. The Balaban J connectivity index is 1.40. The highest BCUT2D eigenvalue weighted by molar-refractivity contribution is 5.85. The summed E-state index contributed by atoms with van der Waals surface area (Å²) in [5, 5.41) is 13.0. The van der Waals surface area contributed by atoms with Gasteiger partial charge in [0.05, 0.1) is 19.0 Å². The molecular weight excluding hydrogens is 533 g/mol. The number of nitrogens with one attached hydrogen (secondary N) is 1. The Morgan fingerprint density at radius 2 is 1.88 bits per heavy atom. The van der Waals surface area contributed by atoms with Crippen LogP contribution in [0.15, 0.2) is 36.5 Å². The van der Waals surface area contributed by atoms with Crippen molar-refractivity contribution in [2.45, 2.75) is 45.0 Å². The van der Waals surface area contributed by atoms with Gasteiger partial charge >= 0.3 is 5.97 Å². The molecule has 0 saturated carbocycles. The van der Waals surface area contributed by atoms with Gasteiger partial charge in [-0.1, -0.05) is 0 Å². The first-order valence-electron chi connectivity index (χ1n) is 13.1. The van der Waals surface area contributed by atoms with Crippen LogP contribution in [-0.2, 0) is 11.5 Å². The molecule has 1 fully saturated rings. The highest BCUT2D eigenvalue weighted by Gasteiger charge is 2.37. The highest BCUT2D eigenvalue weighted by Crippen LogP contribution is 2.43. The van der Waals surface area contributed by atoms with E-state index in [0.717, 1.165) is 12.1 Å². The molecule has 6 nitrogen and oxygen atoms in total. The van der Waals surface area contributed by atoms with Gasteiger partial charge in [-0.3, -0.25) is 9.78 Å². The molecule has 0 unspecified atom stereocenters. The molecule has 1 aliphatic rings. The Kier molecular flexibility index (Phi) is 9.44. The number of pyridine rings is 1. The van der Waals surface area contributed by atoms with Crippen LogP contribution in [0.5, 0.6) is 5.75 Å². The molecule has 3 aromatic rings. The molecule has 0 radical (unpaired) electrons. The second-order valence-electron chi connectivity index (χ2n) is 10.3. The Labute approximate surface area is 229 Å². The summed E-state index contributed by atoms with van der Waals surface area (Å²) in [6.45, 7) is 1.09. The van der Waals surface area contributed by atoms with Gasteiger partial charge in [-0.15, -0.1) is 0 Å². The predicted octanol–water partition coefficient (Wildman–Crippen LogP) is 6.59. The van der Waals surface area contributed by atoms with Crippen molar-refractivity contribution in [1.29, 1.82) is 0 Å². The summed E-state index contributed by atoms with van der Waals surface area (Å²) in [5.41, 5.74) is 0.387. The number of carbonyl (C=O) groups is 1. The average Bonchev–Trinajstić information content (AvgIpc) is 2.94. The molecule has 1 saturated heterocycles. The van der Waals surface area contributed by atoms with Crippen molar-refractivity contribution in [3.05, 3.63) is 65.1 Å². The number of benzene rings is 2. The van der Waals surface area contributed by atoms with Crippen LogP contribution in [0.1, 0.15) is 49.4 Å². The number of fused-ring (bicyclic) bond motifs is 1. The van der Waals surface area contributed by atoms with Crippen molar-refractivity contribution in [3.63, 3.8) is 0 Å². The molecule has 1 aromatic heterocycles. The zero-order chi connectivity index (χ0) is 28.9. The third-order valence-electron chi connectivity index (χ3n) is 7.77. The number of halogens is 5. The minimum atomic E-state index is -1.52. The number of aliphatic carboxylic acids is 1. The fourth-order valence-electron chi connectivity index (χ4n) is 5.52. The number of nitrogens with zero attached hydrogens (tertiary/aromatic N) is 2. The van der Waals surface area contributed by atoms with Crippen LogP contribution in [-0.4, -0.2) is 54.2 Å². The lowest BCUT2D eigenvalue weighted by atomic mass is 9.71. The number of likely N-dealkylation sites (tertiary alicyclic amines) is 1. The van der Waals surface area contributed by atoms with Crippen LogP contribution >= 0.6 is 0 Å². The lowest BCUT2D eigenvalue weighted by Gasteiger charge is -2.41. The number of rotatable bonds is 12. The molecule has 2 heterocycles. The van der Waals surface area contributed by atoms with Crippen molar-refractivity contribution in [3.8, 4) is 5.75 Å². The molecule has 0 spiro atoms. The van der Waals surface area contributed by atoms with E-state index in [2.05, 4.69) is 15.2 Å². The number of ether oxygens (including phenoxy) is 1. The lowest BCUT2D eigenvalue weighted by Crippen LogP contribution is -2.43. The number of methoxy groups -OCH3 is 1.